The molecule has 0 aliphatic carbocycles. The maximum Gasteiger partial charge on any atom is 0.335 e. The Bertz CT molecular complexity index is 612. The molecule has 0 unspecified atom stereocenters. The number of carbonyl (C=O) groups is 2. The number of nitrogens with zero attached hydrogens (tertiary/aromatic N) is 1. The van der Waals surface area contributed by atoms with Gasteiger partial charge in [-0.3, -0.25) is 4.98 Å². The monoisotopic (exact) mass is 288 g/mol. The van der Waals surface area contributed by atoms with E-state index in [2.05, 4.69) is 10.3 Å². The van der Waals surface area contributed by atoms with Crippen LogP contribution in [0.4, 0.5) is 5.69 Å². The Morgan fingerprint density at radius 2 is 1.67 bits per heavy atom. The summed E-state index contributed by atoms with van der Waals surface area (Å²) in [6, 6.07) is 7.15. The SMILES string of the molecule is CNc1ccncc1C.O=C(O)c1cccc(C(=O)O)c1. The quantitative estimate of drug-likeness (QED) is 0.802. The van der Waals surface area contributed by atoms with E-state index >= 15 is 0 Å². The molecule has 0 saturated heterocycles. The molecule has 2 rings (SSSR count). The molecule has 6 nitrogen and oxygen atoms in total. The van der Waals surface area contributed by atoms with Crippen molar-refractivity contribution in [3.8, 4) is 0 Å². The lowest BCUT2D eigenvalue weighted by atomic mass is 10.1. The van der Waals surface area contributed by atoms with Gasteiger partial charge < -0.3 is 15.5 Å². The molecule has 0 radical (unpaired) electrons. The van der Waals surface area contributed by atoms with Gasteiger partial charge in [0.2, 0.25) is 0 Å². The van der Waals surface area contributed by atoms with Gasteiger partial charge in [0, 0.05) is 25.1 Å². The number of benzene rings is 1. The van der Waals surface area contributed by atoms with E-state index in [9.17, 15) is 9.59 Å². The average Bonchev–Trinajstić information content (AvgIpc) is 2.48. The molecule has 0 spiro atoms. The summed E-state index contributed by atoms with van der Waals surface area (Å²) >= 11 is 0. The summed E-state index contributed by atoms with van der Waals surface area (Å²) in [4.78, 5) is 24.7. The number of anilines is 1. The number of pyridine rings is 1. The lowest BCUT2D eigenvalue weighted by Gasteiger charge is -2.00. The van der Waals surface area contributed by atoms with Crippen molar-refractivity contribution in [2.45, 2.75) is 6.92 Å². The predicted molar refractivity (Wildman–Crippen MR) is 78.9 cm³/mol. The van der Waals surface area contributed by atoms with Crippen LogP contribution in [0, 0.1) is 6.92 Å². The first-order valence-electron chi connectivity index (χ1n) is 6.10. The van der Waals surface area contributed by atoms with E-state index in [-0.39, 0.29) is 11.1 Å². The zero-order valence-electron chi connectivity index (χ0n) is 11.7. The number of rotatable bonds is 3. The number of carboxylic acids is 2. The summed E-state index contributed by atoms with van der Waals surface area (Å²) in [6.45, 7) is 2.03. The second kappa shape index (κ2) is 7.64. The fourth-order valence-electron chi connectivity index (χ4n) is 1.54. The van der Waals surface area contributed by atoms with Gasteiger partial charge in [0.05, 0.1) is 11.1 Å². The van der Waals surface area contributed by atoms with Gasteiger partial charge in [0.15, 0.2) is 0 Å². The molecular formula is C15H16N2O4. The number of carboxylic acid groups (broad SMARTS) is 2. The Kier molecular flexibility index (Phi) is 5.88. The van der Waals surface area contributed by atoms with Gasteiger partial charge in [-0.2, -0.15) is 0 Å². The van der Waals surface area contributed by atoms with Crippen LogP contribution in [-0.2, 0) is 0 Å². The highest BCUT2D eigenvalue weighted by Crippen LogP contribution is 2.09. The fourth-order valence-corrected chi connectivity index (χ4v) is 1.54. The first-order chi connectivity index (χ1) is 9.95. The average molecular weight is 288 g/mol. The van der Waals surface area contributed by atoms with Crippen LogP contribution in [0.5, 0.6) is 0 Å². The number of nitrogens with one attached hydrogen (secondary N) is 1. The van der Waals surface area contributed by atoms with Gasteiger partial charge >= 0.3 is 11.9 Å². The normalized spacial score (nSPS) is 9.24. The van der Waals surface area contributed by atoms with E-state index in [0.717, 1.165) is 11.8 Å². The van der Waals surface area contributed by atoms with Crippen molar-refractivity contribution in [3.63, 3.8) is 0 Å². The Morgan fingerprint density at radius 3 is 2.05 bits per heavy atom. The summed E-state index contributed by atoms with van der Waals surface area (Å²) < 4.78 is 0. The van der Waals surface area contributed by atoms with Crippen LogP contribution >= 0.6 is 0 Å². The van der Waals surface area contributed by atoms with Gasteiger partial charge in [0.1, 0.15) is 0 Å². The molecule has 0 amide bonds. The lowest BCUT2D eigenvalue weighted by molar-refractivity contribution is 0.0696. The Balaban J connectivity index is 0.000000219. The van der Waals surface area contributed by atoms with Gasteiger partial charge in [-0.15, -0.1) is 0 Å². The third kappa shape index (κ3) is 4.94. The minimum absolute atomic E-state index is 0.0186. The lowest BCUT2D eigenvalue weighted by Crippen LogP contribution is -2.01. The van der Waals surface area contributed by atoms with Gasteiger partial charge in [0.25, 0.3) is 0 Å². The molecule has 0 fully saturated rings. The van der Waals surface area contributed by atoms with E-state index in [0.29, 0.717) is 0 Å². The van der Waals surface area contributed by atoms with E-state index in [4.69, 9.17) is 10.2 Å². The van der Waals surface area contributed by atoms with E-state index in [1.54, 1.807) is 6.20 Å². The molecular weight excluding hydrogens is 272 g/mol. The zero-order chi connectivity index (χ0) is 15.8. The summed E-state index contributed by atoms with van der Waals surface area (Å²) in [6.07, 6.45) is 3.62. The molecule has 110 valence electrons. The van der Waals surface area contributed by atoms with Crippen LogP contribution in [0.2, 0.25) is 0 Å². The molecule has 1 aromatic carbocycles. The molecule has 2 aromatic rings. The topological polar surface area (TPSA) is 99.5 Å². The van der Waals surface area contributed by atoms with Gasteiger partial charge in [-0.05, 0) is 36.8 Å². The number of hydrogen-bond acceptors (Lipinski definition) is 4. The van der Waals surface area contributed by atoms with Crippen LogP contribution < -0.4 is 5.32 Å². The minimum Gasteiger partial charge on any atom is -0.478 e. The van der Waals surface area contributed by atoms with Crippen molar-refractivity contribution in [1.29, 1.82) is 0 Å². The van der Waals surface area contributed by atoms with Crippen molar-refractivity contribution in [2.24, 2.45) is 0 Å². The highest BCUT2D eigenvalue weighted by molar-refractivity contribution is 5.93. The van der Waals surface area contributed by atoms with Crippen LogP contribution in [0.25, 0.3) is 0 Å². The highest BCUT2D eigenvalue weighted by atomic mass is 16.4. The Morgan fingerprint density at radius 1 is 1.10 bits per heavy atom. The molecule has 6 heteroatoms. The predicted octanol–water partition coefficient (Wildman–Crippen LogP) is 2.51. The van der Waals surface area contributed by atoms with E-state index in [1.807, 2.05) is 26.2 Å². The standard InChI is InChI=1S/C8H6O4.C7H10N2/c9-7(10)5-2-1-3-6(4-5)8(11)12;1-6-5-9-4-3-7(6)8-2/h1-4H,(H,9,10)(H,11,12);3-5H,1-2H3,(H,8,9). The molecule has 0 bridgehead atoms. The second-order valence-electron chi connectivity index (χ2n) is 4.13. The maximum absolute atomic E-state index is 10.4. The second-order valence-corrected chi connectivity index (χ2v) is 4.13. The fraction of sp³-hybridized carbons (Fsp3) is 0.133. The van der Waals surface area contributed by atoms with Crippen LogP contribution in [0.3, 0.4) is 0 Å². The number of aryl methyl sites for hydroxylation is 1. The molecule has 1 heterocycles. The summed E-state index contributed by atoms with van der Waals surface area (Å²) in [5.74, 6) is -2.25. The zero-order valence-corrected chi connectivity index (χ0v) is 11.7. The first kappa shape index (κ1) is 16.2. The molecule has 0 aliphatic heterocycles. The summed E-state index contributed by atoms with van der Waals surface area (Å²) in [5, 5.41) is 20.1. The number of aromatic carboxylic acids is 2. The third-order valence-corrected chi connectivity index (χ3v) is 2.65. The van der Waals surface area contributed by atoms with E-state index in [1.165, 1.54) is 23.8 Å². The largest absolute Gasteiger partial charge is 0.478 e. The molecule has 0 saturated carbocycles. The van der Waals surface area contributed by atoms with Gasteiger partial charge in [-0.1, -0.05) is 6.07 Å². The van der Waals surface area contributed by atoms with Crippen molar-refractivity contribution in [1.82, 2.24) is 4.98 Å². The number of hydrogen-bond donors (Lipinski definition) is 3. The van der Waals surface area contributed by atoms with Gasteiger partial charge in [-0.25, -0.2) is 9.59 Å². The minimum atomic E-state index is -1.13. The highest BCUT2D eigenvalue weighted by Gasteiger charge is 2.06. The first-order valence-corrected chi connectivity index (χ1v) is 6.10. The van der Waals surface area contributed by atoms with Crippen molar-refractivity contribution in [2.75, 3.05) is 12.4 Å². The van der Waals surface area contributed by atoms with Crippen molar-refractivity contribution < 1.29 is 19.8 Å². The van der Waals surface area contributed by atoms with E-state index < -0.39 is 11.9 Å². The molecule has 0 atom stereocenters. The smallest absolute Gasteiger partial charge is 0.335 e. The Hall–Kier alpha value is -2.89. The summed E-state index contributed by atoms with van der Waals surface area (Å²) in [5.41, 5.74) is 2.29. The molecule has 3 N–H and O–H groups in total. The van der Waals surface area contributed by atoms with Crippen LogP contribution in [0.1, 0.15) is 26.3 Å². The van der Waals surface area contributed by atoms with Crippen LogP contribution in [-0.4, -0.2) is 34.2 Å². The maximum atomic E-state index is 10.4. The molecule has 0 aliphatic rings. The summed E-state index contributed by atoms with van der Waals surface area (Å²) in [7, 11) is 1.91. The third-order valence-electron chi connectivity index (χ3n) is 2.65. The number of aromatic nitrogens is 1. The van der Waals surface area contributed by atoms with Crippen molar-refractivity contribution in [3.05, 3.63) is 59.4 Å². The van der Waals surface area contributed by atoms with Crippen molar-refractivity contribution >= 4 is 17.6 Å². The molecule has 21 heavy (non-hydrogen) atoms. The Labute approximate surface area is 122 Å². The molecule has 1 aromatic heterocycles. The van der Waals surface area contributed by atoms with Crippen LogP contribution in [0.15, 0.2) is 42.7 Å².